The Morgan fingerprint density at radius 3 is 1.89 bits per heavy atom. The molecule has 53 heavy (non-hydrogen) atoms. The lowest BCUT2D eigenvalue weighted by Gasteiger charge is -2.10. The number of nitrogens with zero attached hydrogens (tertiary/aromatic N) is 1. The molecule has 0 unspecified atom stereocenters. The summed E-state index contributed by atoms with van der Waals surface area (Å²) in [5, 5.41) is 8.34. The number of hydrogen-bond donors (Lipinski definition) is 0. The van der Waals surface area contributed by atoms with E-state index in [1.807, 2.05) is 18.2 Å². The lowest BCUT2D eigenvalue weighted by atomic mass is 9.96. The van der Waals surface area contributed by atoms with Crippen LogP contribution >= 0.6 is 0 Å². The lowest BCUT2D eigenvalue weighted by molar-refractivity contribution is 0.603. The highest BCUT2D eigenvalue weighted by Gasteiger charge is 2.26. The van der Waals surface area contributed by atoms with E-state index in [4.69, 9.17) is 8.83 Å². The van der Waals surface area contributed by atoms with Gasteiger partial charge in [-0.25, -0.2) is 0 Å². The highest BCUT2D eigenvalue weighted by atomic mass is 16.3. The molecule has 0 amide bonds. The third-order valence-electron chi connectivity index (χ3n) is 10.7. The van der Waals surface area contributed by atoms with Crippen molar-refractivity contribution in [2.45, 2.75) is 0 Å². The Bertz CT molecular complexity index is 3190. The fraction of sp³-hybridized carbons (Fsp3) is 0. The molecule has 0 fully saturated rings. The molecule has 3 aromatic heterocycles. The van der Waals surface area contributed by atoms with Gasteiger partial charge in [0.25, 0.3) is 0 Å². The average molecular weight is 680 g/mol. The van der Waals surface area contributed by atoms with E-state index in [0.717, 1.165) is 66.6 Å². The second-order valence-electron chi connectivity index (χ2n) is 13.4. The Kier molecular flexibility index (Phi) is 6.79. The predicted molar refractivity (Wildman–Crippen MR) is 226 cm³/mol. The molecule has 0 radical (unpaired) electrons. The van der Waals surface area contributed by atoms with Crippen LogP contribution < -0.4 is 0 Å². The normalized spacial score (nSPS) is 11.7. The minimum atomic E-state index is 0.743. The van der Waals surface area contributed by atoms with E-state index >= 15 is 0 Å². The molecule has 0 aliphatic heterocycles. The number of hydrogen-bond acceptors (Lipinski definition) is 2. The van der Waals surface area contributed by atoms with Crippen LogP contribution in [0.2, 0.25) is 0 Å². The van der Waals surface area contributed by atoms with E-state index in [1.165, 1.54) is 49.3 Å². The van der Waals surface area contributed by atoms with Gasteiger partial charge < -0.3 is 13.4 Å². The van der Waals surface area contributed by atoms with Gasteiger partial charge in [-0.1, -0.05) is 117 Å². The summed E-state index contributed by atoms with van der Waals surface area (Å²) in [7, 11) is 0. The maximum absolute atomic E-state index is 6.23. The van der Waals surface area contributed by atoms with Crippen LogP contribution in [-0.4, -0.2) is 4.57 Å². The van der Waals surface area contributed by atoms with Crippen molar-refractivity contribution in [1.82, 2.24) is 4.57 Å². The molecule has 0 saturated carbocycles. The van der Waals surface area contributed by atoms with Gasteiger partial charge in [0.1, 0.15) is 22.5 Å². The van der Waals surface area contributed by atoms with E-state index in [2.05, 4.69) is 146 Å². The summed E-state index contributed by atoms with van der Waals surface area (Å²) >= 11 is 0. The SMILES string of the molecule is C=CC=C.C=Cc1oc2ccc(-c3ccc4c(c3)c3c5cccc6c5c(cc3n4-c3ccc4oc5ccccc5c4c3)-c3ccccc3-6)cc2c1C=C. The molecule has 11 rings (SSSR count). The summed E-state index contributed by atoms with van der Waals surface area (Å²) in [5.41, 5.74) is 14.5. The van der Waals surface area contributed by atoms with E-state index in [0.29, 0.717) is 0 Å². The minimum absolute atomic E-state index is 0.743. The van der Waals surface area contributed by atoms with Gasteiger partial charge in [0.15, 0.2) is 0 Å². The van der Waals surface area contributed by atoms with E-state index in [1.54, 1.807) is 18.2 Å². The van der Waals surface area contributed by atoms with Crippen molar-refractivity contribution >= 4 is 77.6 Å². The number of allylic oxidation sites excluding steroid dienone is 2. The van der Waals surface area contributed by atoms with Gasteiger partial charge >= 0.3 is 0 Å². The number of aromatic nitrogens is 1. The standard InChI is InChI=1S/C46H27NO2.C4H6/c1-3-29-35-22-27(17-20-43(35)48-41(29)4-2)26-16-19-39-38(23-26)46-34-14-9-13-33-30-10-5-6-11-31(30)37(45(33)34)25-40(46)47(39)28-18-21-44-36(24-28)32-12-7-8-15-42(32)49-44;1-3-4-2/h3-25H,1-2H2;3-4H,1-2H2. The maximum Gasteiger partial charge on any atom is 0.135 e. The fourth-order valence-electron chi connectivity index (χ4n) is 8.37. The number of fused-ring (bicyclic) bond motifs is 11. The minimum Gasteiger partial charge on any atom is -0.456 e. The molecule has 3 heteroatoms. The Hall–Kier alpha value is -7.10. The summed E-state index contributed by atoms with van der Waals surface area (Å²) in [6.07, 6.45) is 6.88. The smallest absolute Gasteiger partial charge is 0.135 e. The summed E-state index contributed by atoms with van der Waals surface area (Å²) in [5.74, 6) is 0.743. The van der Waals surface area contributed by atoms with Gasteiger partial charge in [0.05, 0.1) is 11.0 Å². The van der Waals surface area contributed by atoms with Crippen molar-refractivity contribution in [1.29, 1.82) is 0 Å². The second-order valence-corrected chi connectivity index (χ2v) is 13.4. The summed E-state index contributed by atoms with van der Waals surface area (Å²) in [4.78, 5) is 0. The zero-order chi connectivity index (χ0) is 35.8. The molecule has 0 spiro atoms. The Labute approximate surface area is 306 Å². The van der Waals surface area contributed by atoms with Gasteiger partial charge in [-0.2, -0.15) is 0 Å². The second kappa shape index (κ2) is 11.7. The molecular weight excluding hydrogens is 647 g/mol. The van der Waals surface area contributed by atoms with Crippen LogP contribution in [0.4, 0.5) is 0 Å². The van der Waals surface area contributed by atoms with Gasteiger partial charge in [-0.15, -0.1) is 0 Å². The molecule has 0 saturated heterocycles. The Balaban J connectivity index is 0.000000835. The van der Waals surface area contributed by atoms with Crippen molar-refractivity contribution in [2.24, 2.45) is 0 Å². The van der Waals surface area contributed by atoms with Crippen LogP contribution in [0.3, 0.4) is 0 Å². The van der Waals surface area contributed by atoms with Gasteiger partial charge in [0.2, 0.25) is 0 Å². The van der Waals surface area contributed by atoms with Crippen LogP contribution in [0.25, 0.3) is 117 Å². The zero-order valence-electron chi connectivity index (χ0n) is 29.0. The van der Waals surface area contributed by atoms with Crippen LogP contribution in [-0.2, 0) is 0 Å². The summed E-state index contributed by atoms with van der Waals surface area (Å²) in [6.45, 7) is 14.7. The molecule has 0 atom stereocenters. The van der Waals surface area contributed by atoms with Gasteiger partial charge in [-0.3, -0.25) is 0 Å². The van der Waals surface area contributed by atoms with Crippen molar-refractivity contribution in [3.63, 3.8) is 0 Å². The molecule has 250 valence electrons. The Morgan fingerprint density at radius 1 is 0.434 bits per heavy atom. The highest BCUT2D eigenvalue weighted by molar-refractivity contribution is 6.29. The van der Waals surface area contributed by atoms with E-state index < -0.39 is 0 Å². The molecule has 7 aromatic carbocycles. The first-order valence-corrected chi connectivity index (χ1v) is 17.7. The fourth-order valence-corrected chi connectivity index (χ4v) is 8.37. The van der Waals surface area contributed by atoms with E-state index in [-0.39, 0.29) is 0 Å². The van der Waals surface area contributed by atoms with Crippen LogP contribution in [0.5, 0.6) is 0 Å². The zero-order valence-corrected chi connectivity index (χ0v) is 29.0. The molecule has 0 bridgehead atoms. The van der Waals surface area contributed by atoms with Gasteiger partial charge in [-0.05, 0) is 105 Å². The van der Waals surface area contributed by atoms with Crippen molar-refractivity contribution < 1.29 is 8.83 Å². The quantitative estimate of drug-likeness (QED) is 0.170. The van der Waals surface area contributed by atoms with Crippen molar-refractivity contribution in [3.05, 3.63) is 177 Å². The lowest BCUT2D eigenvalue weighted by Crippen LogP contribution is -1.94. The number of benzene rings is 7. The first kappa shape index (κ1) is 30.7. The number of rotatable bonds is 5. The first-order valence-electron chi connectivity index (χ1n) is 17.7. The van der Waals surface area contributed by atoms with Crippen LogP contribution in [0.1, 0.15) is 11.3 Å². The largest absolute Gasteiger partial charge is 0.456 e. The van der Waals surface area contributed by atoms with Crippen molar-refractivity contribution in [2.75, 3.05) is 0 Å². The predicted octanol–water partition coefficient (Wildman–Crippen LogP) is 14.5. The molecular formula is C50H33NO2. The average Bonchev–Trinajstić information content (AvgIpc) is 3.95. The number of furan rings is 2. The molecule has 3 heterocycles. The molecule has 3 nitrogen and oxygen atoms in total. The number of para-hydroxylation sites is 1. The summed E-state index contributed by atoms with van der Waals surface area (Å²) in [6, 6.07) is 46.1. The highest BCUT2D eigenvalue weighted by Crippen LogP contribution is 2.51. The monoisotopic (exact) mass is 679 g/mol. The molecule has 1 aliphatic rings. The first-order chi connectivity index (χ1) is 26.1. The molecule has 10 aromatic rings. The maximum atomic E-state index is 6.23. The topological polar surface area (TPSA) is 31.2 Å². The van der Waals surface area contributed by atoms with Crippen molar-refractivity contribution in [3.8, 4) is 39.1 Å². The summed E-state index contributed by atoms with van der Waals surface area (Å²) < 4.78 is 14.7. The third-order valence-corrected chi connectivity index (χ3v) is 10.7. The molecule has 1 aliphatic carbocycles. The van der Waals surface area contributed by atoms with E-state index in [9.17, 15) is 0 Å². The van der Waals surface area contributed by atoms with Crippen LogP contribution in [0.15, 0.2) is 175 Å². The van der Waals surface area contributed by atoms with Crippen LogP contribution in [0, 0.1) is 0 Å². The Morgan fingerprint density at radius 2 is 1.09 bits per heavy atom. The third kappa shape index (κ3) is 4.41. The van der Waals surface area contributed by atoms with Gasteiger partial charge in [0, 0.05) is 38.2 Å². The molecule has 0 N–H and O–H groups in total.